The van der Waals surface area contributed by atoms with Crippen LogP contribution in [0.25, 0.3) is 33.2 Å². The minimum absolute atomic E-state index is 0.440. The van der Waals surface area contributed by atoms with Gasteiger partial charge in [-0.2, -0.15) is 0 Å². The summed E-state index contributed by atoms with van der Waals surface area (Å²) >= 11 is 0. The van der Waals surface area contributed by atoms with Crippen molar-refractivity contribution in [3.63, 3.8) is 0 Å². The molecule has 8 nitrogen and oxygen atoms in total. The number of anilines is 2. The highest BCUT2D eigenvalue weighted by Crippen LogP contribution is 2.30. The number of ether oxygens (including phenoxy) is 1. The molecule has 0 aliphatic carbocycles. The number of nitrogens with zero attached hydrogens (tertiary/aromatic N) is 5. The molecule has 6 rings (SSSR count). The summed E-state index contributed by atoms with van der Waals surface area (Å²) < 4.78 is 5.44. The van der Waals surface area contributed by atoms with Crippen LogP contribution in [0.1, 0.15) is 11.1 Å². The number of H-pyrrole nitrogens is 1. The van der Waals surface area contributed by atoms with Crippen LogP contribution in [0.2, 0.25) is 0 Å². The van der Waals surface area contributed by atoms with Gasteiger partial charge in [-0.05, 0) is 35.4 Å². The summed E-state index contributed by atoms with van der Waals surface area (Å²) in [6, 6.07) is 14.5. The Morgan fingerprint density at radius 2 is 1.88 bits per heavy atom. The van der Waals surface area contributed by atoms with Crippen LogP contribution >= 0.6 is 0 Å². The predicted molar refractivity (Wildman–Crippen MR) is 129 cm³/mol. The Kier molecular flexibility index (Phi) is 4.84. The molecule has 0 amide bonds. The summed E-state index contributed by atoms with van der Waals surface area (Å²) in [5.41, 5.74) is 11.9. The number of hydrogen-bond acceptors (Lipinski definition) is 7. The van der Waals surface area contributed by atoms with Gasteiger partial charge >= 0.3 is 0 Å². The Hall–Kier alpha value is -4.04. The molecule has 8 heteroatoms. The van der Waals surface area contributed by atoms with Crippen LogP contribution in [0.4, 0.5) is 11.6 Å². The van der Waals surface area contributed by atoms with E-state index in [1.807, 2.05) is 18.3 Å². The van der Waals surface area contributed by atoms with Crippen molar-refractivity contribution in [2.75, 3.05) is 36.9 Å². The first-order valence-electron chi connectivity index (χ1n) is 11.0. The summed E-state index contributed by atoms with van der Waals surface area (Å²) in [5, 5.41) is 1.99. The first kappa shape index (κ1) is 19.6. The Bertz CT molecular complexity index is 1440. The second kappa shape index (κ2) is 8.14. The van der Waals surface area contributed by atoms with Crippen LogP contribution in [0, 0.1) is 0 Å². The van der Waals surface area contributed by atoms with Gasteiger partial charge in [0.15, 0.2) is 5.65 Å². The SMILES string of the molecule is Nc1ncnc2nc(-c3ccc(N4CCOCC4)nc3)cc(Cc3c[nH]c4ccccc34)c12. The van der Waals surface area contributed by atoms with E-state index < -0.39 is 0 Å². The number of para-hydroxylation sites is 1. The molecule has 0 saturated carbocycles. The summed E-state index contributed by atoms with van der Waals surface area (Å²) in [7, 11) is 0. The van der Waals surface area contributed by atoms with Crippen LogP contribution in [-0.4, -0.2) is 51.2 Å². The fourth-order valence-electron chi connectivity index (χ4n) is 4.45. The van der Waals surface area contributed by atoms with Crippen molar-refractivity contribution in [3.05, 3.63) is 72.3 Å². The molecule has 0 bridgehead atoms. The van der Waals surface area contributed by atoms with Gasteiger partial charge in [-0.25, -0.2) is 19.9 Å². The Balaban J connectivity index is 1.42. The average Bonchev–Trinajstić information content (AvgIpc) is 3.27. The molecule has 1 aliphatic rings. The van der Waals surface area contributed by atoms with E-state index in [0.29, 0.717) is 17.9 Å². The van der Waals surface area contributed by atoms with Gasteiger partial charge in [-0.15, -0.1) is 0 Å². The standard InChI is InChI=1S/C25H23N7O/c26-24-23-17(11-18-14-27-20-4-2-1-3-19(18)20)12-21(31-25(23)30-15-29-24)16-5-6-22(28-13-16)32-7-9-33-10-8-32/h1-6,12-15,27H,7-11H2,(H2,26,29,30,31). The highest BCUT2D eigenvalue weighted by atomic mass is 16.5. The number of nitrogen functional groups attached to an aromatic ring is 1. The number of benzene rings is 1. The predicted octanol–water partition coefficient (Wildman–Crippen LogP) is 3.58. The number of aromatic amines is 1. The number of nitrogens with two attached hydrogens (primary N) is 1. The second-order valence-electron chi connectivity index (χ2n) is 8.16. The van der Waals surface area contributed by atoms with Crippen molar-refractivity contribution in [2.24, 2.45) is 0 Å². The molecule has 3 N–H and O–H groups in total. The lowest BCUT2D eigenvalue weighted by Gasteiger charge is -2.27. The third kappa shape index (κ3) is 3.64. The summed E-state index contributed by atoms with van der Waals surface area (Å²) in [6.07, 6.45) is 6.07. The molecule has 1 saturated heterocycles. The molecule has 0 atom stereocenters. The van der Waals surface area contributed by atoms with Crippen LogP contribution < -0.4 is 10.6 Å². The number of aromatic nitrogens is 5. The Morgan fingerprint density at radius 3 is 2.73 bits per heavy atom. The highest BCUT2D eigenvalue weighted by Gasteiger charge is 2.16. The Labute approximate surface area is 190 Å². The lowest BCUT2D eigenvalue weighted by atomic mass is 10.00. The number of nitrogens with one attached hydrogen (secondary N) is 1. The van der Waals surface area contributed by atoms with Gasteiger partial charge in [0.1, 0.15) is 18.0 Å². The van der Waals surface area contributed by atoms with Gasteiger partial charge in [0.2, 0.25) is 0 Å². The fourth-order valence-corrected chi connectivity index (χ4v) is 4.45. The minimum Gasteiger partial charge on any atom is -0.383 e. The molecular formula is C25H23N7O. The molecule has 0 radical (unpaired) electrons. The molecule has 4 aromatic heterocycles. The van der Waals surface area contributed by atoms with Gasteiger partial charge in [0, 0.05) is 48.4 Å². The largest absolute Gasteiger partial charge is 0.383 e. The molecule has 1 aromatic carbocycles. The number of pyridine rings is 2. The highest BCUT2D eigenvalue weighted by molar-refractivity contribution is 5.91. The van der Waals surface area contributed by atoms with Crippen molar-refractivity contribution < 1.29 is 4.74 Å². The number of rotatable bonds is 4. The van der Waals surface area contributed by atoms with E-state index in [1.165, 1.54) is 17.3 Å². The van der Waals surface area contributed by atoms with Crippen molar-refractivity contribution in [2.45, 2.75) is 6.42 Å². The smallest absolute Gasteiger partial charge is 0.165 e. The zero-order chi connectivity index (χ0) is 22.2. The first-order valence-corrected chi connectivity index (χ1v) is 11.0. The quantitative estimate of drug-likeness (QED) is 0.443. The van der Waals surface area contributed by atoms with Gasteiger partial charge < -0.3 is 20.4 Å². The van der Waals surface area contributed by atoms with Crippen molar-refractivity contribution in [1.29, 1.82) is 0 Å². The van der Waals surface area contributed by atoms with Crippen molar-refractivity contribution in [3.8, 4) is 11.3 Å². The molecule has 164 valence electrons. The number of hydrogen-bond donors (Lipinski definition) is 2. The van der Waals surface area contributed by atoms with Crippen LogP contribution in [0.5, 0.6) is 0 Å². The summed E-state index contributed by atoms with van der Waals surface area (Å²) in [6.45, 7) is 3.17. The maximum atomic E-state index is 6.26. The third-order valence-electron chi connectivity index (χ3n) is 6.15. The van der Waals surface area contributed by atoms with Crippen LogP contribution in [-0.2, 0) is 11.2 Å². The minimum atomic E-state index is 0.440. The van der Waals surface area contributed by atoms with Crippen LogP contribution in [0.15, 0.2) is 61.2 Å². The fraction of sp³-hybridized carbons (Fsp3) is 0.200. The summed E-state index contributed by atoms with van der Waals surface area (Å²) in [5.74, 6) is 1.39. The van der Waals surface area contributed by atoms with Gasteiger partial charge in [-0.3, -0.25) is 0 Å². The maximum Gasteiger partial charge on any atom is 0.165 e. The van der Waals surface area contributed by atoms with E-state index >= 15 is 0 Å². The van der Waals surface area contributed by atoms with Crippen molar-refractivity contribution in [1.82, 2.24) is 24.9 Å². The molecule has 33 heavy (non-hydrogen) atoms. The van der Waals surface area contributed by atoms with Crippen molar-refractivity contribution >= 4 is 33.6 Å². The monoisotopic (exact) mass is 437 g/mol. The van der Waals surface area contributed by atoms with E-state index in [2.05, 4.69) is 56.4 Å². The first-order chi connectivity index (χ1) is 16.3. The van der Waals surface area contributed by atoms with Gasteiger partial charge in [0.05, 0.1) is 24.3 Å². The molecular weight excluding hydrogens is 414 g/mol. The topological polar surface area (TPSA) is 106 Å². The lowest BCUT2D eigenvalue weighted by molar-refractivity contribution is 0.122. The van der Waals surface area contributed by atoms with E-state index in [1.54, 1.807) is 0 Å². The van der Waals surface area contributed by atoms with Gasteiger partial charge in [-0.1, -0.05) is 18.2 Å². The molecule has 1 aliphatic heterocycles. The average molecular weight is 438 g/mol. The normalized spacial score (nSPS) is 14.2. The molecule has 5 aromatic rings. The molecule has 0 spiro atoms. The maximum absolute atomic E-state index is 6.26. The van der Waals surface area contributed by atoms with E-state index in [4.69, 9.17) is 20.4 Å². The van der Waals surface area contributed by atoms with E-state index in [-0.39, 0.29) is 0 Å². The molecule has 0 unspecified atom stereocenters. The molecule has 1 fully saturated rings. The summed E-state index contributed by atoms with van der Waals surface area (Å²) in [4.78, 5) is 23.7. The van der Waals surface area contributed by atoms with E-state index in [0.717, 1.165) is 59.8 Å². The third-order valence-corrected chi connectivity index (χ3v) is 6.15. The van der Waals surface area contributed by atoms with E-state index in [9.17, 15) is 0 Å². The van der Waals surface area contributed by atoms with Crippen LogP contribution in [0.3, 0.4) is 0 Å². The zero-order valence-electron chi connectivity index (χ0n) is 18.0. The number of fused-ring (bicyclic) bond motifs is 2. The molecule has 5 heterocycles. The van der Waals surface area contributed by atoms with Gasteiger partial charge in [0.25, 0.3) is 0 Å². The number of morpholine rings is 1. The Morgan fingerprint density at radius 1 is 1.00 bits per heavy atom. The zero-order valence-corrected chi connectivity index (χ0v) is 18.0. The second-order valence-corrected chi connectivity index (χ2v) is 8.16. The lowest BCUT2D eigenvalue weighted by Crippen LogP contribution is -2.36.